The minimum absolute atomic E-state index is 0.293. The third-order valence-electron chi connectivity index (χ3n) is 5.20. The van der Waals surface area contributed by atoms with E-state index in [9.17, 15) is 14.9 Å². The average Bonchev–Trinajstić information content (AvgIpc) is 2.78. The monoisotopic (exact) mass is 391 g/mol. The number of hydrogen-bond donors (Lipinski definition) is 2. The molecule has 0 saturated carbocycles. The van der Waals surface area contributed by atoms with Crippen LogP contribution >= 0.6 is 0 Å². The molecule has 29 heavy (non-hydrogen) atoms. The van der Waals surface area contributed by atoms with Crippen LogP contribution in [-0.2, 0) is 16.0 Å². The predicted octanol–water partition coefficient (Wildman–Crippen LogP) is 2.49. The molecule has 1 aromatic carbocycles. The number of amides is 2. The Morgan fingerprint density at radius 1 is 1.17 bits per heavy atom. The largest absolute Gasteiger partial charge is 0.356 e. The van der Waals surface area contributed by atoms with Crippen molar-refractivity contribution >= 4 is 23.3 Å². The van der Waals surface area contributed by atoms with Gasteiger partial charge in [-0.3, -0.25) is 9.59 Å². The lowest BCUT2D eigenvalue weighted by molar-refractivity contribution is -0.136. The molecule has 0 bridgehead atoms. The number of aromatic nitrogens is 1. The summed E-state index contributed by atoms with van der Waals surface area (Å²) in [4.78, 5) is 30.6. The smallest absolute Gasteiger partial charge is 0.313 e. The van der Waals surface area contributed by atoms with E-state index in [1.807, 2.05) is 12.1 Å². The normalized spacial score (nSPS) is 14.1. The molecule has 150 valence electrons. The van der Waals surface area contributed by atoms with Crippen LogP contribution in [0.15, 0.2) is 42.6 Å². The Morgan fingerprint density at radius 2 is 1.90 bits per heavy atom. The number of nitrogens with zero attached hydrogens (tertiary/aromatic N) is 3. The van der Waals surface area contributed by atoms with Crippen LogP contribution in [0.25, 0.3) is 0 Å². The van der Waals surface area contributed by atoms with E-state index in [1.165, 1.54) is 5.56 Å². The summed E-state index contributed by atoms with van der Waals surface area (Å²) in [6, 6.07) is 13.2. The number of carbonyl (C=O) groups excluding carboxylic acids is 2. The first-order valence-electron chi connectivity index (χ1n) is 9.89. The fraction of sp³-hybridized carbons (Fsp3) is 0.364. The van der Waals surface area contributed by atoms with E-state index in [4.69, 9.17) is 0 Å². The molecular formula is C22H25N5O2. The number of aryl methyl sites for hydroxylation is 1. The van der Waals surface area contributed by atoms with Gasteiger partial charge in [0.25, 0.3) is 0 Å². The lowest BCUT2D eigenvalue weighted by atomic mass is 9.96. The number of nitrogens with one attached hydrogen (secondary N) is 2. The zero-order valence-corrected chi connectivity index (χ0v) is 16.5. The van der Waals surface area contributed by atoms with E-state index in [-0.39, 0.29) is 0 Å². The Kier molecular flexibility index (Phi) is 6.80. The van der Waals surface area contributed by atoms with Gasteiger partial charge in [0.05, 0.1) is 5.56 Å². The summed E-state index contributed by atoms with van der Waals surface area (Å²) in [6.07, 6.45) is 4.34. The molecule has 7 heteroatoms. The van der Waals surface area contributed by atoms with Crippen molar-refractivity contribution in [2.75, 3.05) is 29.9 Å². The molecule has 2 N–H and O–H groups in total. The number of carbonyl (C=O) groups is 2. The lowest BCUT2D eigenvalue weighted by Crippen LogP contribution is -2.42. The first kappa shape index (κ1) is 20.3. The Bertz CT molecular complexity index is 896. The molecule has 1 aromatic heterocycles. The third kappa shape index (κ3) is 5.32. The number of hydrogen-bond acceptors (Lipinski definition) is 5. The molecule has 1 aliphatic rings. The van der Waals surface area contributed by atoms with Crippen molar-refractivity contribution in [1.82, 2.24) is 10.3 Å². The quantitative estimate of drug-likeness (QED) is 0.763. The highest BCUT2D eigenvalue weighted by Crippen LogP contribution is 2.23. The molecule has 0 spiro atoms. The van der Waals surface area contributed by atoms with Gasteiger partial charge in [-0.15, -0.1) is 0 Å². The molecule has 0 aliphatic carbocycles. The van der Waals surface area contributed by atoms with Crippen molar-refractivity contribution in [3.8, 4) is 6.07 Å². The van der Waals surface area contributed by atoms with Crippen LogP contribution in [-0.4, -0.2) is 36.4 Å². The molecule has 3 rings (SSSR count). The van der Waals surface area contributed by atoms with Gasteiger partial charge in [-0.1, -0.05) is 19.1 Å². The molecule has 7 nitrogen and oxygen atoms in total. The fourth-order valence-corrected chi connectivity index (χ4v) is 3.41. The van der Waals surface area contributed by atoms with Crippen LogP contribution in [0.3, 0.4) is 0 Å². The predicted molar refractivity (Wildman–Crippen MR) is 111 cm³/mol. The van der Waals surface area contributed by atoms with Gasteiger partial charge in [-0.2, -0.15) is 5.26 Å². The molecule has 0 unspecified atom stereocenters. The summed E-state index contributed by atoms with van der Waals surface area (Å²) in [5, 5.41) is 14.6. The Morgan fingerprint density at radius 3 is 2.55 bits per heavy atom. The molecule has 1 fully saturated rings. The van der Waals surface area contributed by atoms with Crippen LogP contribution in [0.4, 0.5) is 11.5 Å². The molecule has 2 amide bonds. The van der Waals surface area contributed by atoms with Gasteiger partial charge in [-0.25, -0.2) is 4.98 Å². The van der Waals surface area contributed by atoms with E-state index in [0.717, 1.165) is 32.4 Å². The number of nitriles is 1. The minimum Gasteiger partial charge on any atom is -0.356 e. The van der Waals surface area contributed by atoms with Gasteiger partial charge >= 0.3 is 11.8 Å². The summed E-state index contributed by atoms with van der Waals surface area (Å²) in [5.41, 5.74) is 2.36. The van der Waals surface area contributed by atoms with Crippen LogP contribution in [0.5, 0.6) is 0 Å². The van der Waals surface area contributed by atoms with Crippen molar-refractivity contribution < 1.29 is 9.59 Å². The summed E-state index contributed by atoms with van der Waals surface area (Å²) in [7, 11) is 0. The number of rotatable bonds is 5. The van der Waals surface area contributed by atoms with Crippen molar-refractivity contribution in [1.29, 1.82) is 5.26 Å². The Balaban J connectivity index is 1.44. The van der Waals surface area contributed by atoms with Crippen LogP contribution in [0.1, 0.15) is 30.9 Å². The van der Waals surface area contributed by atoms with E-state index in [2.05, 4.69) is 33.5 Å². The van der Waals surface area contributed by atoms with Gasteiger partial charge in [-0.05, 0) is 55.0 Å². The number of pyridine rings is 1. The van der Waals surface area contributed by atoms with E-state index in [1.54, 1.807) is 30.5 Å². The molecule has 0 atom stereocenters. The molecule has 1 aliphatic heterocycles. The second kappa shape index (κ2) is 9.69. The third-order valence-corrected chi connectivity index (χ3v) is 5.20. The molecule has 0 radical (unpaired) electrons. The number of benzene rings is 1. The summed E-state index contributed by atoms with van der Waals surface area (Å²) >= 11 is 0. The van der Waals surface area contributed by atoms with Crippen LogP contribution in [0, 0.1) is 17.2 Å². The molecule has 2 aromatic rings. The molecular weight excluding hydrogens is 366 g/mol. The fourth-order valence-electron chi connectivity index (χ4n) is 3.41. The first-order valence-corrected chi connectivity index (χ1v) is 9.89. The highest BCUT2D eigenvalue weighted by Gasteiger charge is 2.23. The van der Waals surface area contributed by atoms with E-state index < -0.39 is 11.8 Å². The lowest BCUT2D eigenvalue weighted by Gasteiger charge is -2.33. The average molecular weight is 391 g/mol. The van der Waals surface area contributed by atoms with E-state index in [0.29, 0.717) is 29.5 Å². The van der Waals surface area contributed by atoms with E-state index >= 15 is 0 Å². The van der Waals surface area contributed by atoms with Gasteiger partial charge in [0.15, 0.2) is 0 Å². The van der Waals surface area contributed by atoms with Crippen molar-refractivity contribution in [3.63, 3.8) is 0 Å². The first-order chi connectivity index (χ1) is 14.1. The SMILES string of the molecule is CCc1ccc(NC(=O)C(=O)NCC2CCN(c3ncccc3C#N)CC2)cc1. The molecule has 1 saturated heterocycles. The van der Waals surface area contributed by atoms with Crippen molar-refractivity contribution in [3.05, 3.63) is 53.7 Å². The summed E-state index contributed by atoms with van der Waals surface area (Å²) < 4.78 is 0. The zero-order valence-electron chi connectivity index (χ0n) is 16.5. The van der Waals surface area contributed by atoms with Crippen LogP contribution in [0.2, 0.25) is 0 Å². The number of piperidine rings is 1. The van der Waals surface area contributed by atoms with Gasteiger partial charge < -0.3 is 15.5 Å². The van der Waals surface area contributed by atoms with Gasteiger partial charge in [0.1, 0.15) is 11.9 Å². The maximum absolute atomic E-state index is 12.1. The topological polar surface area (TPSA) is 98.1 Å². The Hall–Kier alpha value is -3.40. The summed E-state index contributed by atoms with van der Waals surface area (Å²) in [5.74, 6) is -0.269. The Labute approximate surface area is 170 Å². The zero-order chi connectivity index (χ0) is 20.6. The second-order valence-electron chi connectivity index (χ2n) is 7.13. The maximum Gasteiger partial charge on any atom is 0.313 e. The second-order valence-corrected chi connectivity index (χ2v) is 7.13. The maximum atomic E-state index is 12.1. The van der Waals surface area contributed by atoms with Crippen molar-refractivity contribution in [2.24, 2.45) is 5.92 Å². The van der Waals surface area contributed by atoms with Crippen LogP contribution < -0.4 is 15.5 Å². The summed E-state index contributed by atoms with van der Waals surface area (Å²) in [6.45, 7) is 4.05. The molecule has 2 heterocycles. The standard InChI is InChI=1S/C22H25N5O2/c1-2-16-5-7-19(8-6-16)26-22(29)21(28)25-15-17-9-12-27(13-10-17)20-18(14-23)4-3-11-24-20/h3-8,11,17H,2,9-10,12-13,15H2,1H3,(H,25,28)(H,26,29). The minimum atomic E-state index is -0.654. The highest BCUT2D eigenvalue weighted by molar-refractivity contribution is 6.39. The van der Waals surface area contributed by atoms with Gasteiger partial charge in [0.2, 0.25) is 0 Å². The van der Waals surface area contributed by atoms with Crippen molar-refractivity contribution in [2.45, 2.75) is 26.2 Å². The highest BCUT2D eigenvalue weighted by atomic mass is 16.2. The number of anilines is 2. The van der Waals surface area contributed by atoms with Gasteiger partial charge in [0, 0.05) is 31.5 Å².